The van der Waals surface area contributed by atoms with Gasteiger partial charge in [0.25, 0.3) is 5.91 Å². The van der Waals surface area contributed by atoms with Crippen LogP contribution in [-0.4, -0.2) is 43.9 Å². The molecule has 0 bridgehead atoms. The number of nitrogens with one attached hydrogen (secondary N) is 1. The topological polar surface area (TPSA) is 66.8 Å². The lowest BCUT2D eigenvalue weighted by molar-refractivity contribution is 0.0781. The molecule has 1 saturated heterocycles. The number of carbonyl (C=O) groups excluding carboxylic acids is 1. The molecule has 100 valence electrons. The van der Waals surface area contributed by atoms with E-state index in [9.17, 15) is 4.79 Å². The summed E-state index contributed by atoms with van der Waals surface area (Å²) < 4.78 is 1.96. The van der Waals surface area contributed by atoms with E-state index in [2.05, 4.69) is 15.3 Å². The fourth-order valence-electron chi connectivity index (χ4n) is 2.46. The summed E-state index contributed by atoms with van der Waals surface area (Å²) in [5.74, 6) is -0.00396. The highest BCUT2D eigenvalue weighted by atomic mass is 16.2. The molecule has 19 heavy (non-hydrogen) atoms. The number of hydrogen-bond donors (Lipinski definition) is 1. The summed E-state index contributed by atoms with van der Waals surface area (Å²) in [6.45, 7) is 5.37. The molecule has 1 aliphatic rings. The zero-order valence-corrected chi connectivity index (χ0v) is 11.1. The Labute approximate surface area is 111 Å². The van der Waals surface area contributed by atoms with E-state index < -0.39 is 0 Å². The van der Waals surface area contributed by atoms with Crippen molar-refractivity contribution in [1.29, 1.82) is 0 Å². The summed E-state index contributed by atoms with van der Waals surface area (Å²) in [7, 11) is 0. The van der Waals surface area contributed by atoms with Crippen LogP contribution in [0.2, 0.25) is 0 Å². The largest absolute Gasteiger partial charge is 0.335 e. The monoisotopic (exact) mass is 259 g/mol. The van der Waals surface area contributed by atoms with Gasteiger partial charge in [-0.25, -0.2) is 0 Å². The van der Waals surface area contributed by atoms with Gasteiger partial charge in [-0.1, -0.05) is 0 Å². The maximum atomic E-state index is 12.3. The molecule has 0 saturated carbocycles. The SMILES string of the molecule is Cc1cnn(C2CCN(C(=O)c3cc(C)[nH]n3)C2)c1. The second-order valence-electron chi connectivity index (χ2n) is 5.13. The molecule has 2 aromatic heterocycles. The number of nitrogens with zero attached hydrogens (tertiary/aromatic N) is 4. The number of likely N-dealkylation sites (tertiary alicyclic amines) is 1. The minimum atomic E-state index is -0.00396. The number of carbonyl (C=O) groups is 1. The molecule has 2 aromatic rings. The van der Waals surface area contributed by atoms with Gasteiger partial charge in [0, 0.05) is 25.0 Å². The van der Waals surface area contributed by atoms with Crippen molar-refractivity contribution in [2.45, 2.75) is 26.3 Å². The van der Waals surface area contributed by atoms with Crippen molar-refractivity contribution < 1.29 is 4.79 Å². The van der Waals surface area contributed by atoms with Gasteiger partial charge in [0.15, 0.2) is 0 Å². The van der Waals surface area contributed by atoms with Crippen LogP contribution in [0, 0.1) is 13.8 Å². The van der Waals surface area contributed by atoms with E-state index in [1.54, 1.807) is 6.07 Å². The Morgan fingerprint density at radius 1 is 1.47 bits per heavy atom. The fourth-order valence-corrected chi connectivity index (χ4v) is 2.46. The third-order valence-electron chi connectivity index (χ3n) is 3.48. The molecule has 1 aliphatic heterocycles. The lowest BCUT2D eigenvalue weighted by atomic mass is 10.3. The molecule has 0 aromatic carbocycles. The Balaban J connectivity index is 1.70. The van der Waals surface area contributed by atoms with Crippen molar-refractivity contribution in [3.8, 4) is 0 Å². The van der Waals surface area contributed by atoms with Gasteiger partial charge in [-0.15, -0.1) is 0 Å². The van der Waals surface area contributed by atoms with Crippen molar-refractivity contribution in [3.63, 3.8) is 0 Å². The zero-order chi connectivity index (χ0) is 13.4. The van der Waals surface area contributed by atoms with E-state index in [0.717, 1.165) is 24.2 Å². The lowest BCUT2D eigenvalue weighted by Gasteiger charge is -2.15. The summed E-state index contributed by atoms with van der Waals surface area (Å²) in [6, 6.07) is 2.06. The molecule has 0 radical (unpaired) electrons. The first kappa shape index (κ1) is 12.0. The van der Waals surface area contributed by atoms with Crippen molar-refractivity contribution in [2.24, 2.45) is 0 Å². The van der Waals surface area contributed by atoms with E-state index in [4.69, 9.17) is 0 Å². The van der Waals surface area contributed by atoms with E-state index in [-0.39, 0.29) is 11.9 Å². The average Bonchev–Trinajstić information content (AvgIpc) is 3.07. The quantitative estimate of drug-likeness (QED) is 0.884. The van der Waals surface area contributed by atoms with Gasteiger partial charge in [-0.2, -0.15) is 10.2 Å². The van der Waals surface area contributed by atoms with Gasteiger partial charge in [-0.3, -0.25) is 14.6 Å². The van der Waals surface area contributed by atoms with Crippen LogP contribution in [0.25, 0.3) is 0 Å². The van der Waals surface area contributed by atoms with Crippen LogP contribution >= 0.6 is 0 Å². The number of aromatic nitrogens is 4. The van der Waals surface area contributed by atoms with Gasteiger partial charge in [0.2, 0.25) is 0 Å². The first-order valence-electron chi connectivity index (χ1n) is 6.45. The van der Waals surface area contributed by atoms with Crippen LogP contribution in [0.3, 0.4) is 0 Å². The standard InChI is InChI=1S/C13H17N5O/c1-9-6-14-18(7-9)11-3-4-17(8-11)13(19)12-5-10(2)15-16-12/h5-7,11H,3-4,8H2,1-2H3,(H,15,16). The summed E-state index contributed by atoms with van der Waals surface area (Å²) in [5, 5.41) is 11.2. The maximum Gasteiger partial charge on any atom is 0.274 e. The Kier molecular flexibility index (Phi) is 2.85. The third-order valence-corrected chi connectivity index (χ3v) is 3.48. The van der Waals surface area contributed by atoms with Crippen molar-refractivity contribution in [1.82, 2.24) is 24.9 Å². The Bertz CT molecular complexity index is 600. The van der Waals surface area contributed by atoms with Crippen LogP contribution < -0.4 is 0 Å². The van der Waals surface area contributed by atoms with Crippen molar-refractivity contribution in [3.05, 3.63) is 35.4 Å². The highest BCUT2D eigenvalue weighted by Crippen LogP contribution is 2.22. The number of H-pyrrole nitrogens is 1. The molecular weight excluding hydrogens is 242 g/mol. The van der Waals surface area contributed by atoms with Crippen LogP contribution in [0.15, 0.2) is 18.5 Å². The number of hydrogen-bond acceptors (Lipinski definition) is 3. The molecule has 1 atom stereocenters. The van der Waals surface area contributed by atoms with Gasteiger partial charge in [-0.05, 0) is 31.9 Å². The molecule has 1 amide bonds. The van der Waals surface area contributed by atoms with Crippen LogP contribution in [0.1, 0.15) is 34.2 Å². The minimum absolute atomic E-state index is 0.00396. The molecule has 6 heteroatoms. The number of aromatic amines is 1. The summed E-state index contributed by atoms with van der Waals surface area (Å²) in [4.78, 5) is 14.1. The predicted octanol–water partition coefficient (Wildman–Crippen LogP) is 1.31. The highest BCUT2D eigenvalue weighted by Gasteiger charge is 2.29. The molecule has 3 rings (SSSR count). The number of amides is 1. The molecule has 0 spiro atoms. The summed E-state index contributed by atoms with van der Waals surface area (Å²) in [6.07, 6.45) is 4.81. The second-order valence-corrected chi connectivity index (χ2v) is 5.13. The zero-order valence-electron chi connectivity index (χ0n) is 11.1. The van der Waals surface area contributed by atoms with Crippen LogP contribution in [-0.2, 0) is 0 Å². The average molecular weight is 259 g/mol. The van der Waals surface area contributed by atoms with E-state index in [1.807, 2.05) is 35.8 Å². The van der Waals surface area contributed by atoms with Gasteiger partial charge < -0.3 is 4.90 Å². The Hall–Kier alpha value is -2.11. The normalized spacial score (nSPS) is 19.1. The van der Waals surface area contributed by atoms with Gasteiger partial charge in [0.1, 0.15) is 5.69 Å². The third kappa shape index (κ3) is 2.25. The van der Waals surface area contributed by atoms with E-state index in [0.29, 0.717) is 12.2 Å². The predicted molar refractivity (Wildman–Crippen MR) is 69.8 cm³/mol. The first-order chi connectivity index (χ1) is 9.13. The smallest absolute Gasteiger partial charge is 0.274 e. The van der Waals surface area contributed by atoms with E-state index in [1.165, 1.54) is 0 Å². The summed E-state index contributed by atoms with van der Waals surface area (Å²) in [5.41, 5.74) is 2.55. The lowest BCUT2D eigenvalue weighted by Crippen LogP contribution is -2.29. The maximum absolute atomic E-state index is 12.3. The molecule has 0 aliphatic carbocycles. The van der Waals surface area contributed by atoms with Crippen molar-refractivity contribution >= 4 is 5.91 Å². The molecule has 1 fully saturated rings. The molecule has 1 N–H and O–H groups in total. The molecule has 1 unspecified atom stereocenters. The number of rotatable bonds is 2. The Morgan fingerprint density at radius 3 is 2.95 bits per heavy atom. The van der Waals surface area contributed by atoms with Gasteiger partial charge in [0.05, 0.1) is 12.2 Å². The first-order valence-corrected chi connectivity index (χ1v) is 6.45. The van der Waals surface area contributed by atoms with Crippen molar-refractivity contribution in [2.75, 3.05) is 13.1 Å². The fraction of sp³-hybridized carbons (Fsp3) is 0.462. The number of aryl methyl sites for hydroxylation is 2. The molecular formula is C13H17N5O. The second kappa shape index (κ2) is 4.53. The highest BCUT2D eigenvalue weighted by molar-refractivity contribution is 5.92. The summed E-state index contributed by atoms with van der Waals surface area (Å²) >= 11 is 0. The van der Waals surface area contributed by atoms with Crippen LogP contribution in [0.4, 0.5) is 0 Å². The molecule has 3 heterocycles. The minimum Gasteiger partial charge on any atom is -0.335 e. The molecule has 6 nitrogen and oxygen atoms in total. The van der Waals surface area contributed by atoms with E-state index >= 15 is 0 Å². The van der Waals surface area contributed by atoms with Crippen LogP contribution in [0.5, 0.6) is 0 Å². The van der Waals surface area contributed by atoms with Gasteiger partial charge >= 0.3 is 0 Å². The Morgan fingerprint density at radius 2 is 2.32 bits per heavy atom.